The number of aromatic nitrogens is 3. The summed E-state index contributed by atoms with van der Waals surface area (Å²) in [5.41, 5.74) is 1.75. The minimum absolute atomic E-state index is 0.102. The zero-order valence-corrected chi connectivity index (χ0v) is 12.1. The fourth-order valence-electron chi connectivity index (χ4n) is 2.54. The summed E-state index contributed by atoms with van der Waals surface area (Å²) in [4.78, 5) is 23.0. The van der Waals surface area contributed by atoms with Gasteiger partial charge in [-0.3, -0.25) is 9.59 Å². The zero-order chi connectivity index (χ0) is 15.7. The van der Waals surface area contributed by atoms with Gasteiger partial charge in [0.2, 0.25) is 0 Å². The average Bonchev–Trinajstić information content (AvgIpc) is 2.84. The van der Waals surface area contributed by atoms with E-state index in [9.17, 15) is 9.59 Å². The first-order chi connectivity index (χ1) is 10.6. The first-order valence-electron chi connectivity index (χ1n) is 7.07. The van der Waals surface area contributed by atoms with Crippen LogP contribution in [0.1, 0.15) is 29.0 Å². The molecule has 0 saturated heterocycles. The molecule has 1 aromatic heterocycles. The second-order valence-electron chi connectivity index (χ2n) is 5.45. The number of carbonyl (C=O) groups excluding carboxylic acids is 1. The lowest BCUT2D eigenvalue weighted by atomic mass is 9.80. The van der Waals surface area contributed by atoms with Crippen LogP contribution >= 0.6 is 0 Å². The molecule has 7 heteroatoms. The highest BCUT2D eigenvalue weighted by Gasteiger charge is 2.36. The van der Waals surface area contributed by atoms with Crippen molar-refractivity contribution in [3.63, 3.8) is 0 Å². The van der Waals surface area contributed by atoms with Crippen LogP contribution in [0.4, 0.5) is 0 Å². The summed E-state index contributed by atoms with van der Waals surface area (Å²) < 4.78 is 1.61. The number of carbonyl (C=O) groups is 2. The largest absolute Gasteiger partial charge is 0.481 e. The molecule has 0 aliphatic heterocycles. The number of aliphatic carboxylic acids is 1. The molecule has 1 fully saturated rings. The summed E-state index contributed by atoms with van der Waals surface area (Å²) in [5, 5.41) is 19.6. The van der Waals surface area contributed by atoms with Crippen molar-refractivity contribution in [2.24, 2.45) is 5.92 Å². The Bertz CT molecular complexity index is 705. The topological polar surface area (TPSA) is 97.1 Å². The molecule has 7 nitrogen and oxygen atoms in total. The molecule has 0 spiro atoms. The van der Waals surface area contributed by atoms with Crippen LogP contribution in [-0.2, 0) is 4.79 Å². The Morgan fingerprint density at radius 3 is 2.59 bits per heavy atom. The van der Waals surface area contributed by atoms with Gasteiger partial charge < -0.3 is 10.4 Å². The maximum atomic E-state index is 12.2. The second kappa shape index (κ2) is 5.59. The highest BCUT2D eigenvalue weighted by molar-refractivity contribution is 5.93. The lowest BCUT2D eigenvalue weighted by Gasteiger charge is -2.32. The minimum atomic E-state index is -0.809. The van der Waals surface area contributed by atoms with E-state index < -0.39 is 5.97 Å². The van der Waals surface area contributed by atoms with E-state index in [2.05, 4.69) is 15.6 Å². The summed E-state index contributed by atoms with van der Waals surface area (Å²) in [5.74, 6) is -1.48. The van der Waals surface area contributed by atoms with Crippen molar-refractivity contribution in [3.05, 3.63) is 41.7 Å². The maximum Gasteiger partial charge on any atom is 0.306 e. The van der Waals surface area contributed by atoms with Crippen LogP contribution in [0, 0.1) is 12.8 Å². The van der Waals surface area contributed by atoms with Gasteiger partial charge in [0.15, 0.2) is 5.69 Å². The number of hydrogen-bond acceptors (Lipinski definition) is 4. The fourth-order valence-corrected chi connectivity index (χ4v) is 2.54. The molecule has 1 amide bonds. The van der Waals surface area contributed by atoms with E-state index >= 15 is 0 Å². The molecular weight excluding hydrogens is 284 g/mol. The third-order valence-electron chi connectivity index (χ3n) is 3.93. The van der Waals surface area contributed by atoms with Gasteiger partial charge in [0.1, 0.15) is 0 Å². The number of rotatable bonds is 4. The fraction of sp³-hybridized carbons (Fsp3) is 0.333. The van der Waals surface area contributed by atoms with E-state index in [-0.39, 0.29) is 23.6 Å². The van der Waals surface area contributed by atoms with Crippen molar-refractivity contribution in [3.8, 4) is 5.69 Å². The molecule has 0 unspecified atom stereocenters. The van der Waals surface area contributed by atoms with E-state index in [1.54, 1.807) is 11.6 Å². The van der Waals surface area contributed by atoms with Gasteiger partial charge in [-0.1, -0.05) is 23.4 Å². The molecule has 3 rings (SSSR count). The van der Waals surface area contributed by atoms with Gasteiger partial charge in [-0.25, -0.2) is 4.68 Å². The number of carboxylic acids is 1. The minimum Gasteiger partial charge on any atom is -0.481 e. The number of nitrogens with zero attached hydrogens (tertiary/aromatic N) is 3. The van der Waals surface area contributed by atoms with Crippen LogP contribution in [0.2, 0.25) is 0 Å². The molecule has 1 heterocycles. The van der Waals surface area contributed by atoms with Crippen LogP contribution in [0.15, 0.2) is 30.3 Å². The predicted molar refractivity (Wildman–Crippen MR) is 77.7 cm³/mol. The van der Waals surface area contributed by atoms with Gasteiger partial charge in [0.25, 0.3) is 5.91 Å². The normalized spacial score (nSPS) is 20.2. The van der Waals surface area contributed by atoms with E-state index in [1.807, 2.05) is 30.3 Å². The van der Waals surface area contributed by atoms with E-state index in [0.29, 0.717) is 18.5 Å². The monoisotopic (exact) mass is 300 g/mol. The Morgan fingerprint density at radius 1 is 1.27 bits per heavy atom. The molecule has 0 radical (unpaired) electrons. The first-order valence-corrected chi connectivity index (χ1v) is 7.07. The molecule has 0 atom stereocenters. The molecule has 1 aliphatic rings. The van der Waals surface area contributed by atoms with Gasteiger partial charge in [-0.15, -0.1) is 5.10 Å². The summed E-state index contributed by atoms with van der Waals surface area (Å²) in [6, 6.07) is 9.33. The number of nitrogens with one attached hydrogen (secondary N) is 1. The number of benzene rings is 1. The molecule has 2 aromatic rings. The van der Waals surface area contributed by atoms with Gasteiger partial charge in [0, 0.05) is 6.04 Å². The summed E-state index contributed by atoms with van der Waals surface area (Å²) in [6.45, 7) is 1.78. The molecule has 1 saturated carbocycles. The summed E-state index contributed by atoms with van der Waals surface area (Å²) in [7, 11) is 0. The molecular formula is C15H16N4O3. The van der Waals surface area contributed by atoms with Crippen molar-refractivity contribution in [1.82, 2.24) is 20.3 Å². The van der Waals surface area contributed by atoms with Crippen molar-refractivity contribution < 1.29 is 14.7 Å². The van der Waals surface area contributed by atoms with Crippen LogP contribution in [-0.4, -0.2) is 38.0 Å². The lowest BCUT2D eigenvalue weighted by Crippen LogP contribution is -2.46. The molecule has 114 valence electrons. The quantitative estimate of drug-likeness (QED) is 0.883. The van der Waals surface area contributed by atoms with Crippen molar-refractivity contribution in [2.45, 2.75) is 25.8 Å². The van der Waals surface area contributed by atoms with E-state index in [4.69, 9.17) is 5.11 Å². The smallest absolute Gasteiger partial charge is 0.306 e. The zero-order valence-electron chi connectivity index (χ0n) is 12.1. The van der Waals surface area contributed by atoms with Gasteiger partial charge >= 0.3 is 5.97 Å². The Morgan fingerprint density at radius 2 is 1.95 bits per heavy atom. The maximum absolute atomic E-state index is 12.2. The predicted octanol–water partition coefficient (Wildman–Crippen LogP) is 1.17. The lowest BCUT2D eigenvalue weighted by molar-refractivity contribution is -0.145. The van der Waals surface area contributed by atoms with E-state index in [1.165, 1.54) is 0 Å². The Balaban J connectivity index is 1.70. The molecule has 1 aromatic carbocycles. The van der Waals surface area contributed by atoms with Gasteiger partial charge in [-0.05, 0) is 31.9 Å². The van der Waals surface area contributed by atoms with Crippen molar-refractivity contribution in [1.29, 1.82) is 0 Å². The Hall–Kier alpha value is -2.70. The van der Waals surface area contributed by atoms with Gasteiger partial charge in [-0.2, -0.15) is 0 Å². The van der Waals surface area contributed by atoms with Crippen molar-refractivity contribution >= 4 is 11.9 Å². The molecule has 22 heavy (non-hydrogen) atoms. The Labute approximate surface area is 126 Å². The second-order valence-corrected chi connectivity index (χ2v) is 5.45. The highest BCUT2D eigenvalue weighted by atomic mass is 16.4. The van der Waals surface area contributed by atoms with Crippen molar-refractivity contribution in [2.75, 3.05) is 0 Å². The molecule has 0 bridgehead atoms. The first kappa shape index (κ1) is 14.2. The number of carboxylic acid groups (broad SMARTS) is 1. The van der Waals surface area contributed by atoms with Gasteiger partial charge in [0.05, 0.1) is 17.3 Å². The van der Waals surface area contributed by atoms with Crippen LogP contribution in [0.25, 0.3) is 5.69 Å². The SMILES string of the molecule is Cc1c(C(=O)NC2CC(C(=O)O)C2)nnn1-c1ccccc1. The van der Waals surface area contributed by atoms with Crippen LogP contribution in [0.5, 0.6) is 0 Å². The average molecular weight is 300 g/mol. The van der Waals surface area contributed by atoms with E-state index in [0.717, 1.165) is 5.69 Å². The number of hydrogen-bond donors (Lipinski definition) is 2. The Kier molecular flexibility index (Phi) is 3.62. The highest BCUT2D eigenvalue weighted by Crippen LogP contribution is 2.27. The van der Waals surface area contributed by atoms with Crippen LogP contribution in [0.3, 0.4) is 0 Å². The summed E-state index contributed by atoms with van der Waals surface area (Å²) in [6.07, 6.45) is 0.930. The number of para-hydroxylation sites is 1. The molecule has 1 aliphatic carbocycles. The number of amides is 1. The third-order valence-corrected chi connectivity index (χ3v) is 3.93. The third kappa shape index (κ3) is 2.57. The molecule has 2 N–H and O–H groups in total. The van der Waals surface area contributed by atoms with Crippen LogP contribution < -0.4 is 5.32 Å². The standard InChI is InChI=1S/C15H16N4O3/c1-9-13(14(20)16-11-7-10(8-11)15(21)22)17-18-19(9)12-5-3-2-4-6-12/h2-6,10-11H,7-8H2,1H3,(H,16,20)(H,21,22). The summed E-state index contributed by atoms with van der Waals surface area (Å²) >= 11 is 0.